The lowest BCUT2D eigenvalue weighted by Crippen LogP contribution is -2.48. The molecule has 0 unspecified atom stereocenters. The summed E-state index contributed by atoms with van der Waals surface area (Å²) in [4.78, 5) is 18.0. The van der Waals surface area contributed by atoms with Gasteiger partial charge in [0.2, 0.25) is 5.88 Å². The van der Waals surface area contributed by atoms with E-state index in [0.29, 0.717) is 31.8 Å². The summed E-state index contributed by atoms with van der Waals surface area (Å²) in [5.74, 6) is 0.262. The first-order chi connectivity index (χ1) is 9.63. The highest BCUT2D eigenvalue weighted by molar-refractivity contribution is 5.75. The lowest BCUT2D eigenvalue weighted by atomic mass is 9.99. The summed E-state index contributed by atoms with van der Waals surface area (Å²) >= 11 is 0. The first-order valence-electron chi connectivity index (χ1n) is 6.63. The molecule has 20 heavy (non-hydrogen) atoms. The highest BCUT2D eigenvalue weighted by atomic mass is 16.5. The molecule has 0 saturated carbocycles. The normalized spacial score (nSPS) is 23.4. The van der Waals surface area contributed by atoms with Gasteiger partial charge in [0.15, 0.2) is 0 Å². The minimum atomic E-state index is -0.440. The molecule has 0 amide bonds. The molecular weight excluding hydrogens is 260 g/mol. The molecule has 6 heteroatoms. The molecule has 1 aliphatic heterocycles. The number of nitrogens with zero attached hydrogens (tertiary/aromatic N) is 2. The van der Waals surface area contributed by atoms with Crippen molar-refractivity contribution in [2.75, 3.05) is 20.8 Å². The maximum Gasteiger partial charge on any atom is 0.323 e. The van der Waals surface area contributed by atoms with Crippen LogP contribution in [0.5, 0.6) is 5.88 Å². The molecule has 0 radical (unpaired) electrons. The Morgan fingerprint density at radius 1 is 1.50 bits per heavy atom. The second-order valence-corrected chi connectivity index (χ2v) is 4.90. The van der Waals surface area contributed by atoms with Crippen LogP contribution >= 0.6 is 0 Å². The van der Waals surface area contributed by atoms with Gasteiger partial charge in [0, 0.05) is 25.4 Å². The number of methoxy groups -OCH3 is 2. The molecule has 1 aromatic rings. The molecule has 0 spiro atoms. The Bertz CT molecular complexity index is 449. The third kappa shape index (κ3) is 3.46. The molecule has 0 aromatic carbocycles. The third-order valence-electron chi connectivity index (χ3n) is 3.55. The topological polar surface area (TPSA) is 71.9 Å². The Hall–Kier alpha value is -1.66. The van der Waals surface area contributed by atoms with Gasteiger partial charge in [-0.3, -0.25) is 9.69 Å². The SMILES string of the molecule is COC(=O)[C@H]1C[C@@H](O)CCN1Cc1ccc(OC)nc1. The van der Waals surface area contributed by atoms with Crippen molar-refractivity contribution in [1.82, 2.24) is 9.88 Å². The standard InChI is InChI=1S/C14H20N2O4/c1-19-13-4-3-10(8-15-13)9-16-6-5-11(17)7-12(16)14(18)20-2/h3-4,8,11-12,17H,5-7,9H2,1-2H3/t11-,12+/m0/s1. The van der Waals surface area contributed by atoms with E-state index in [-0.39, 0.29) is 5.97 Å². The summed E-state index contributed by atoms with van der Waals surface area (Å²) in [7, 11) is 2.94. The second kappa shape index (κ2) is 6.67. The van der Waals surface area contributed by atoms with E-state index < -0.39 is 12.1 Å². The van der Waals surface area contributed by atoms with Gasteiger partial charge in [-0.25, -0.2) is 4.98 Å². The molecule has 110 valence electrons. The van der Waals surface area contributed by atoms with E-state index >= 15 is 0 Å². The predicted molar refractivity (Wildman–Crippen MR) is 72.2 cm³/mol. The maximum absolute atomic E-state index is 11.8. The lowest BCUT2D eigenvalue weighted by Gasteiger charge is -2.35. The molecule has 1 N–H and O–H groups in total. The number of aromatic nitrogens is 1. The predicted octanol–water partition coefficient (Wildman–Crippen LogP) is 0.588. The number of likely N-dealkylation sites (tertiary alicyclic amines) is 1. The van der Waals surface area contributed by atoms with E-state index in [0.717, 1.165) is 5.56 Å². The molecule has 1 aliphatic rings. The number of hydrogen-bond acceptors (Lipinski definition) is 6. The van der Waals surface area contributed by atoms with Gasteiger partial charge in [0.05, 0.1) is 20.3 Å². The van der Waals surface area contributed by atoms with Gasteiger partial charge in [0.25, 0.3) is 0 Å². The summed E-state index contributed by atoms with van der Waals surface area (Å²) in [5, 5.41) is 9.71. The van der Waals surface area contributed by atoms with Gasteiger partial charge < -0.3 is 14.6 Å². The number of pyridine rings is 1. The fraction of sp³-hybridized carbons (Fsp3) is 0.571. The highest BCUT2D eigenvalue weighted by Gasteiger charge is 2.33. The largest absolute Gasteiger partial charge is 0.481 e. The van der Waals surface area contributed by atoms with Gasteiger partial charge >= 0.3 is 5.97 Å². The van der Waals surface area contributed by atoms with Crippen LogP contribution < -0.4 is 4.74 Å². The van der Waals surface area contributed by atoms with Crippen LogP contribution in [0.15, 0.2) is 18.3 Å². The molecule has 1 saturated heterocycles. The number of piperidine rings is 1. The van der Waals surface area contributed by atoms with Crippen molar-refractivity contribution < 1.29 is 19.4 Å². The van der Waals surface area contributed by atoms with Gasteiger partial charge in [-0.1, -0.05) is 6.07 Å². The Balaban J connectivity index is 2.06. The number of aliphatic hydroxyl groups excluding tert-OH is 1. The molecule has 1 aromatic heterocycles. The van der Waals surface area contributed by atoms with E-state index in [1.165, 1.54) is 7.11 Å². The lowest BCUT2D eigenvalue weighted by molar-refractivity contribution is -0.150. The van der Waals surface area contributed by atoms with Crippen LogP contribution in [0, 0.1) is 0 Å². The van der Waals surface area contributed by atoms with Gasteiger partial charge in [-0.2, -0.15) is 0 Å². The van der Waals surface area contributed by atoms with Crippen molar-refractivity contribution in [2.45, 2.75) is 31.5 Å². The number of aliphatic hydroxyl groups is 1. The first-order valence-corrected chi connectivity index (χ1v) is 6.63. The van der Waals surface area contributed by atoms with Gasteiger partial charge in [0.1, 0.15) is 6.04 Å². The average molecular weight is 280 g/mol. The Morgan fingerprint density at radius 2 is 2.30 bits per heavy atom. The number of carbonyl (C=O) groups is 1. The van der Waals surface area contributed by atoms with Crippen LogP contribution in [0.25, 0.3) is 0 Å². The molecule has 6 nitrogen and oxygen atoms in total. The summed E-state index contributed by atoms with van der Waals surface area (Å²) in [6.45, 7) is 1.26. The molecule has 0 bridgehead atoms. The van der Waals surface area contributed by atoms with Crippen LogP contribution in [0.4, 0.5) is 0 Å². The third-order valence-corrected chi connectivity index (χ3v) is 3.55. The second-order valence-electron chi connectivity index (χ2n) is 4.90. The molecular formula is C14H20N2O4. The minimum Gasteiger partial charge on any atom is -0.481 e. The van der Waals surface area contributed by atoms with Crippen LogP contribution in [0.2, 0.25) is 0 Å². The van der Waals surface area contributed by atoms with E-state index in [1.807, 2.05) is 11.0 Å². The van der Waals surface area contributed by atoms with E-state index in [9.17, 15) is 9.90 Å². The molecule has 2 atom stereocenters. The van der Waals surface area contributed by atoms with Crippen LogP contribution in [-0.2, 0) is 16.1 Å². The van der Waals surface area contributed by atoms with Crippen LogP contribution in [0.1, 0.15) is 18.4 Å². The molecule has 2 heterocycles. The van der Waals surface area contributed by atoms with Crippen molar-refractivity contribution in [3.05, 3.63) is 23.9 Å². The zero-order valence-electron chi connectivity index (χ0n) is 11.8. The zero-order valence-corrected chi connectivity index (χ0v) is 11.8. The van der Waals surface area contributed by atoms with E-state index in [2.05, 4.69) is 4.98 Å². The van der Waals surface area contributed by atoms with Crippen LogP contribution in [-0.4, -0.2) is 53.9 Å². The van der Waals surface area contributed by atoms with Gasteiger partial charge in [-0.05, 0) is 18.4 Å². The first kappa shape index (κ1) is 14.7. The highest BCUT2D eigenvalue weighted by Crippen LogP contribution is 2.21. The molecule has 0 aliphatic carbocycles. The summed E-state index contributed by atoms with van der Waals surface area (Å²) in [6.07, 6.45) is 2.37. The van der Waals surface area contributed by atoms with Gasteiger partial charge in [-0.15, -0.1) is 0 Å². The fourth-order valence-electron chi connectivity index (χ4n) is 2.43. The van der Waals surface area contributed by atoms with E-state index in [4.69, 9.17) is 9.47 Å². The summed E-state index contributed by atoms with van der Waals surface area (Å²) in [5.41, 5.74) is 0.996. The number of ether oxygens (including phenoxy) is 2. The average Bonchev–Trinajstić information content (AvgIpc) is 2.49. The van der Waals surface area contributed by atoms with Crippen molar-refractivity contribution in [1.29, 1.82) is 0 Å². The minimum absolute atomic E-state index is 0.301. The van der Waals surface area contributed by atoms with Crippen molar-refractivity contribution in [3.8, 4) is 5.88 Å². The maximum atomic E-state index is 11.8. The molecule has 2 rings (SSSR count). The molecule has 1 fully saturated rings. The smallest absolute Gasteiger partial charge is 0.323 e. The zero-order chi connectivity index (χ0) is 14.5. The number of carbonyl (C=O) groups excluding carboxylic acids is 1. The quantitative estimate of drug-likeness (QED) is 0.814. The van der Waals surface area contributed by atoms with Crippen molar-refractivity contribution >= 4 is 5.97 Å². The summed E-state index contributed by atoms with van der Waals surface area (Å²) < 4.78 is 9.83. The monoisotopic (exact) mass is 280 g/mol. The number of hydrogen-bond donors (Lipinski definition) is 1. The number of rotatable bonds is 4. The van der Waals surface area contributed by atoms with E-state index in [1.54, 1.807) is 19.4 Å². The number of esters is 1. The van der Waals surface area contributed by atoms with Crippen molar-refractivity contribution in [3.63, 3.8) is 0 Å². The fourth-order valence-corrected chi connectivity index (χ4v) is 2.43. The summed E-state index contributed by atoms with van der Waals surface area (Å²) in [6, 6.07) is 3.32. The van der Waals surface area contributed by atoms with Crippen LogP contribution in [0.3, 0.4) is 0 Å². The Kier molecular flexibility index (Phi) is 4.92. The Labute approximate surface area is 118 Å². The Morgan fingerprint density at radius 3 is 2.90 bits per heavy atom. The van der Waals surface area contributed by atoms with Crippen molar-refractivity contribution in [2.24, 2.45) is 0 Å².